The molecule has 3 aromatic rings. The number of rotatable bonds is 11. The number of aromatic nitrogens is 2. The van der Waals surface area contributed by atoms with Gasteiger partial charge in [0.1, 0.15) is 10.6 Å². The monoisotopic (exact) mass is 563 g/mol. The number of halogens is 1. The van der Waals surface area contributed by atoms with Gasteiger partial charge in [-0.05, 0) is 57.9 Å². The van der Waals surface area contributed by atoms with Crippen LogP contribution in [0.3, 0.4) is 0 Å². The molecule has 0 aliphatic carbocycles. The first-order valence-corrected chi connectivity index (χ1v) is 13.9. The molecule has 2 aromatic carbocycles. The smallest absolute Gasteiger partial charge is 0.272 e. The Morgan fingerprint density at radius 2 is 1.84 bits per heavy atom. The first-order chi connectivity index (χ1) is 17.9. The number of ether oxygens (including phenoxy) is 1. The molecule has 0 saturated carbocycles. The van der Waals surface area contributed by atoms with Gasteiger partial charge in [0.15, 0.2) is 5.69 Å². The normalized spacial score (nSPS) is 13.1. The molecule has 0 unspecified atom stereocenters. The summed E-state index contributed by atoms with van der Waals surface area (Å²) >= 11 is 6.19. The number of sulfonamides is 1. The molecule has 0 radical (unpaired) electrons. The van der Waals surface area contributed by atoms with Crippen LogP contribution in [0.25, 0.3) is 5.69 Å². The van der Waals surface area contributed by atoms with Gasteiger partial charge in [-0.15, -0.1) is 0 Å². The number of hydrogen-bond acceptors (Lipinski definition) is 7. The summed E-state index contributed by atoms with van der Waals surface area (Å²) in [5, 5.41) is 19.1. The molecule has 0 aliphatic heterocycles. The van der Waals surface area contributed by atoms with Crippen molar-refractivity contribution in [2.75, 3.05) is 0 Å². The summed E-state index contributed by atoms with van der Waals surface area (Å²) in [4.78, 5) is 23.3. The van der Waals surface area contributed by atoms with Crippen LogP contribution in [0.15, 0.2) is 47.4 Å². The van der Waals surface area contributed by atoms with E-state index in [1.165, 1.54) is 10.7 Å². The molecule has 0 bridgehead atoms. The first kappa shape index (κ1) is 29.1. The van der Waals surface area contributed by atoms with E-state index < -0.39 is 37.5 Å². The lowest BCUT2D eigenvalue weighted by atomic mass is 10.2. The summed E-state index contributed by atoms with van der Waals surface area (Å²) in [5.74, 6) is -0.556. The van der Waals surface area contributed by atoms with Crippen molar-refractivity contribution in [3.8, 4) is 17.3 Å². The van der Waals surface area contributed by atoms with E-state index in [-0.39, 0.29) is 23.4 Å². The zero-order valence-electron chi connectivity index (χ0n) is 21.7. The van der Waals surface area contributed by atoms with Crippen molar-refractivity contribution in [2.24, 2.45) is 0 Å². The van der Waals surface area contributed by atoms with Crippen LogP contribution in [0, 0.1) is 17.0 Å². The largest absolute Gasteiger partial charge is 0.437 e. The third kappa shape index (κ3) is 6.50. The Labute approximate surface area is 226 Å². The zero-order valence-corrected chi connectivity index (χ0v) is 23.3. The number of nitro benzene ring substituents is 1. The van der Waals surface area contributed by atoms with Crippen LogP contribution in [-0.4, -0.2) is 41.1 Å². The van der Waals surface area contributed by atoms with Crippen molar-refractivity contribution in [1.29, 1.82) is 0 Å². The number of non-ortho nitro benzene ring substituents is 1. The quantitative estimate of drug-likeness (QED) is 0.242. The van der Waals surface area contributed by atoms with Crippen molar-refractivity contribution in [3.63, 3.8) is 0 Å². The molecule has 2 N–H and O–H groups in total. The number of benzene rings is 2. The maximum atomic E-state index is 13.2. The van der Waals surface area contributed by atoms with Gasteiger partial charge in [0.05, 0.1) is 10.6 Å². The van der Waals surface area contributed by atoms with Gasteiger partial charge >= 0.3 is 0 Å². The lowest BCUT2D eigenvalue weighted by Crippen LogP contribution is -2.32. The SMILES string of the molecule is CC[C@@H](C)NC(=O)c1nn(-c2cccc(Cl)c2)c(Oc2ccc([N+](=O)[O-])cc2S(=O)(=O)N[C@H](C)CC)c1C. The zero-order chi connectivity index (χ0) is 28.2. The molecule has 0 saturated heterocycles. The van der Waals surface area contributed by atoms with Crippen LogP contribution < -0.4 is 14.8 Å². The van der Waals surface area contributed by atoms with Crippen molar-refractivity contribution in [2.45, 2.75) is 64.4 Å². The maximum Gasteiger partial charge on any atom is 0.272 e. The van der Waals surface area contributed by atoms with E-state index in [1.54, 1.807) is 45.0 Å². The molecule has 2 atom stereocenters. The molecule has 1 aromatic heterocycles. The molecule has 38 heavy (non-hydrogen) atoms. The predicted octanol–water partition coefficient (Wildman–Crippen LogP) is 5.14. The molecule has 13 heteroatoms. The molecule has 11 nitrogen and oxygen atoms in total. The molecule has 0 spiro atoms. The van der Waals surface area contributed by atoms with E-state index in [4.69, 9.17) is 16.3 Å². The summed E-state index contributed by atoms with van der Waals surface area (Å²) in [7, 11) is -4.21. The second-order valence-corrected chi connectivity index (χ2v) is 11.0. The van der Waals surface area contributed by atoms with Crippen LogP contribution in [-0.2, 0) is 10.0 Å². The highest BCUT2D eigenvalue weighted by Crippen LogP contribution is 2.36. The number of nitrogens with zero attached hydrogens (tertiary/aromatic N) is 3. The number of nitro groups is 1. The van der Waals surface area contributed by atoms with Gasteiger partial charge in [0, 0.05) is 34.8 Å². The number of carbonyl (C=O) groups excluding carboxylic acids is 1. The first-order valence-electron chi connectivity index (χ1n) is 12.0. The molecular weight excluding hydrogens is 534 g/mol. The van der Waals surface area contributed by atoms with E-state index >= 15 is 0 Å². The van der Waals surface area contributed by atoms with Gasteiger partial charge in [0.2, 0.25) is 15.9 Å². The number of carbonyl (C=O) groups is 1. The van der Waals surface area contributed by atoms with Gasteiger partial charge in [-0.3, -0.25) is 14.9 Å². The van der Waals surface area contributed by atoms with Crippen LogP contribution in [0.2, 0.25) is 5.02 Å². The summed E-state index contributed by atoms with van der Waals surface area (Å²) < 4.78 is 36.4. The van der Waals surface area contributed by atoms with Crippen LogP contribution in [0.1, 0.15) is 56.6 Å². The minimum atomic E-state index is -4.21. The minimum absolute atomic E-state index is 0.0513. The van der Waals surface area contributed by atoms with Gasteiger partial charge in [-0.2, -0.15) is 9.78 Å². The Balaban J connectivity index is 2.20. The predicted molar refractivity (Wildman–Crippen MR) is 144 cm³/mol. The Morgan fingerprint density at radius 3 is 2.45 bits per heavy atom. The lowest BCUT2D eigenvalue weighted by Gasteiger charge is -2.16. The van der Waals surface area contributed by atoms with E-state index in [9.17, 15) is 23.3 Å². The number of nitrogens with one attached hydrogen (secondary N) is 2. The average Bonchev–Trinajstić information content (AvgIpc) is 3.19. The Hall–Kier alpha value is -3.48. The van der Waals surface area contributed by atoms with Crippen LogP contribution >= 0.6 is 11.6 Å². The van der Waals surface area contributed by atoms with Gasteiger partial charge < -0.3 is 10.1 Å². The third-order valence-electron chi connectivity index (χ3n) is 5.93. The van der Waals surface area contributed by atoms with Crippen molar-refractivity contribution < 1.29 is 22.9 Å². The van der Waals surface area contributed by atoms with Crippen molar-refractivity contribution in [1.82, 2.24) is 19.8 Å². The van der Waals surface area contributed by atoms with E-state index in [0.29, 0.717) is 29.1 Å². The second kappa shape index (κ2) is 11.9. The molecule has 204 valence electrons. The summed E-state index contributed by atoms with van der Waals surface area (Å²) in [6.45, 7) is 8.89. The fourth-order valence-electron chi connectivity index (χ4n) is 3.41. The second-order valence-electron chi connectivity index (χ2n) is 8.87. The van der Waals surface area contributed by atoms with Crippen molar-refractivity contribution in [3.05, 3.63) is 68.9 Å². The molecule has 0 fully saturated rings. The highest BCUT2D eigenvalue weighted by molar-refractivity contribution is 7.89. The van der Waals surface area contributed by atoms with Crippen LogP contribution in [0.5, 0.6) is 11.6 Å². The molecule has 3 rings (SSSR count). The standard InChI is InChI=1S/C25H30ClN5O6S/c1-6-15(3)27-24(32)23-17(5)25(30(28-23)19-10-8-9-18(26)13-19)37-21-12-11-20(31(33)34)14-22(21)38(35,36)29-16(4)7-2/h8-16,29H,6-7H2,1-5H3,(H,27,32)/t15-,16-/m1/s1. The fourth-order valence-corrected chi connectivity index (χ4v) is 5.07. The van der Waals surface area contributed by atoms with Crippen molar-refractivity contribution >= 4 is 33.2 Å². The number of amides is 1. The van der Waals surface area contributed by atoms with Gasteiger partial charge in [0.25, 0.3) is 11.6 Å². The molecular formula is C25H30ClN5O6S. The molecule has 1 amide bonds. The minimum Gasteiger partial charge on any atom is -0.437 e. The lowest BCUT2D eigenvalue weighted by molar-refractivity contribution is -0.385. The van der Waals surface area contributed by atoms with E-state index in [0.717, 1.165) is 12.1 Å². The highest BCUT2D eigenvalue weighted by atomic mass is 35.5. The average molecular weight is 564 g/mol. The highest BCUT2D eigenvalue weighted by Gasteiger charge is 2.28. The van der Waals surface area contributed by atoms with E-state index in [1.807, 2.05) is 13.8 Å². The summed E-state index contributed by atoms with van der Waals surface area (Å²) in [5.41, 5.74) is 0.449. The van der Waals surface area contributed by atoms with E-state index in [2.05, 4.69) is 15.1 Å². The molecule has 0 aliphatic rings. The van der Waals surface area contributed by atoms with Crippen LogP contribution in [0.4, 0.5) is 5.69 Å². The topological polar surface area (TPSA) is 145 Å². The Morgan fingerprint density at radius 1 is 1.16 bits per heavy atom. The number of hydrogen-bond donors (Lipinski definition) is 2. The maximum absolute atomic E-state index is 13.2. The summed E-state index contributed by atoms with van der Waals surface area (Å²) in [6, 6.07) is 9.40. The van der Waals surface area contributed by atoms with Gasteiger partial charge in [-0.25, -0.2) is 13.1 Å². The van der Waals surface area contributed by atoms with Gasteiger partial charge in [-0.1, -0.05) is 31.5 Å². The summed E-state index contributed by atoms with van der Waals surface area (Å²) in [6.07, 6.45) is 1.20. The Bertz CT molecular complexity index is 1460. The Kier molecular flexibility index (Phi) is 9.13. The molecule has 1 heterocycles. The fraction of sp³-hybridized carbons (Fsp3) is 0.360. The third-order valence-corrected chi connectivity index (χ3v) is 7.77.